The fourth-order valence-corrected chi connectivity index (χ4v) is 2.47. The molecule has 1 unspecified atom stereocenters. The van der Waals surface area contributed by atoms with Gasteiger partial charge >= 0.3 is 0 Å². The van der Waals surface area contributed by atoms with Gasteiger partial charge in [0.1, 0.15) is 5.82 Å². The molecule has 1 aromatic rings. The molecule has 5 N–H and O–H groups in total. The lowest BCUT2D eigenvalue weighted by atomic mass is 10.2. The molecule has 0 amide bonds. The molecule has 96 valence electrons. The Bertz CT molecular complexity index is 507. The van der Waals surface area contributed by atoms with Crippen LogP contribution in [0.1, 0.15) is 19.2 Å². The number of nitrogens with two attached hydrogens (primary N) is 1. The minimum atomic E-state index is -3.75. The molecule has 1 aromatic heterocycles. The molecule has 1 rings (SSSR count). The number of aromatic nitrogens is 2. The Hall–Kier alpha value is -1.61. The third kappa shape index (κ3) is 3.17. The van der Waals surface area contributed by atoms with Gasteiger partial charge in [0, 0.05) is 0 Å². The zero-order valence-electron chi connectivity index (χ0n) is 9.51. The Morgan fingerprint density at radius 2 is 2.41 bits per heavy atom. The highest BCUT2D eigenvalue weighted by Gasteiger charge is 2.23. The second kappa shape index (κ2) is 5.15. The van der Waals surface area contributed by atoms with Crippen LogP contribution >= 0.6 is 0 Å². The highest BCUT2D eigenvalue weighted by molar-refractivity contribution is 7.89. The molecule has 9 heteroatoms. The molecule has 0 aromatic carbocycles. The zero-order chi connectivity index (χ0) is 13.1. The summed E-state index contributed by atoms with van der Waals surface area (Å²) in [4.78, 5) is 6.39. The SMILES string of the molecule is CCC(NS(=O)(=O)c1cnc(C)[nH]1)/C(N)=N/O. The second-order valence-corrected chi connectivity index (χ2v) is 5.12. The van der Waals surface area contributed by atoms with Crippen molar-refractivity contribution < 1.29 is 13.6 Å². The predicted octanol–water partition coefficient (Wildman–Crippen LogP) is -0.479. The van der Waals surface area contributed by atoms with E-state index in [1.54, 1.807) is 13.8 Å². The Balaban J connectivity index is 2.93. The first kappa shape index (κ1) is 13.5. The average Bonchev–Trinajstić information content (AvgIpc) is 2.72. The zero-order valence-corrected chi connectivity index (χ0v) is 10.3. The number of H-pyrrole nitrogens is 1. The largest absolute Gasteiger partial charge is 0.409 e. The third-order valence-corrected chi connectivity index (χ3v) is 3.53. The van der Waals surface area contributed by atoms with Crippen molar-refractivity contribution in [3.8, 4) is 0 Å². The minimum Gasteiger partial charge on any atom is -0.409 e. The van der Waals surface area contributed by atoms with E-state index in [0.717, 1.165) is 0 Å². The van der Waals surface area contributed by atoms with Gasteiger partial charge in [-0.1, -0.05) is 12.1 Å². The van der Waals surface area contributed by atoms with Crippen LogP contribution < -0.4 is 10.5 Å². The molecule has 0 aliphatic carbocycles. The van der Waals surface area contributed by atoms with Crippen molar-refractivity contribution in [2.24, 2.45) is 10.9 Å². The summed E-state index contributed by atoms with van der Waals surface area (Å²) in [5.41, 5.74) is 5.37. The number of hydrogen-bond acceptors (Lipinski definition) is 5. The van der Waals surface area contributed by atoms with Gasteiger partial charge in [-0.3, -0.25) is 0 Å². The number of nitrogens with one attached hydrogen (secondary N) is 2. The first-order valence-corrected chi connectivity index (χ1v) is 6.40. The summed E-state index contributed by atoms with van der Waals surface area (Å²) < 4.78 is 26.0. The summed E-state index contributed by atoms with van der Waals surface area (Å²) in [5.74, 6) is 0.300. The van der Waals surface area contributed by atoms with E-state index in [4.69, 9.17) is 10.9 Å². The van der Waals surface area contributed by atoms with Crippen LogP contribution in [0.2, 0.25) is 0 Å². The van der Waals surface area contributed by atoms with Gasteiger partial charge < -0.3 is 15.9 Å². The predicted molar refractivity (Wildman–Crippen MR) is 61.1 cm³/mol. The van der Waals surface area contributed by atoms with Crippen molar-refractivity contribution in [1.82, 2.24) is 14.7 Å². The maximum absolute atomic E-state index is 11.9. The van der Waals surface area contributed by atoms with E-state index < -0.39 is 16.1 Å². The van der Waals surface area contributed by atoms with E-state index in [1.165, 1.54) is 6.20 Å². The van der Waals surface area contributed by atoms with E-state index in [-0.39, 0.29) is 10.9 Å². The van der Waals surface area contributed by atoms with E-state index in [0.29, 0.717) is 12.2 Å². The van der Waals surface area contributed by atoms with Crippen molar-refractivity contribution in [2.75, 3.05) is 0 Å². The molecule has 0 radical (unpaired) electrons. The van der Waals surface area contributed by atoms with Gasteiger partial charge in [0.05, 0.1) is 12.2 Å². The van der Waals surface area contributed by atoms with Gasteiger partial charge in [-0.05, 0) is 13.3 Å². The fourth-order valence-electron chi connectivity index (χ4n) is 1.21. The average molecular weight is 261 g/mol. The summed E-state index contributed by atoms with van der Waals surface area (Å²) in [7, 11) is -3.75. The van der Waals surface area contributed by atoms with Crippen LogP contribution in [-0.4, -0.2) is 35.5 Å². The van der Waals surface area contributed by atoms with Crippen LogP contribution in [0.15, 0.2) is 16.4 Å². The Labute approximate surface area is 99.0 Å². The number of aromatic amines is 1. The molecule has 1 atom stereocenters. The monoisotopic (exact) mass is 261 g/mol. The normalized spacial score (nSPS) is 14.8. The Morgan fingerprint density at radius 1 is 1.76 bits per heavy atom. The van der Waals surface area contributed by atoms with Crippen molar-refractivity contribution >= 4 is 15.9 Å². The van der Waals surface area contributed by atoms with Crippen LogP contribution in [0.25, 0.3) is 0 Å². The number of hydrogen-bond donors (Lipinski definition) is 4. The number of imidazole rings is 1. The van der Waals surface area contributed by atoms with Crippen LogP contribution in [0.5, 0.6) is 0 Å². The molecular formula is C8H15N5O3S. The highest BCUT2D eigenvalue weighted by atomic mass is 32.2. The molecule has 0 bridgehead atoms. The Kier molecular flexibility index (Phi) is 4.07. The van der Waals surface area contributed by atoms with Crippen LogP contribution in [-0.2, 0) is 10.0 Å². The molecule has 0 aliphatic rings. The number of rotatable bonds is 5. The van der Waals surface area contributed by atoms with E-state index in [1.807, 2.05) is 0 Å². The van der Waals surface area contributed by atoms with Crippen LogP contribution in [0, 0.1) is 6.92 Å². The molecule has 17 heavy (non-hydrogen) atoms. The van der Waals surface area contributed by atoms with Gasteiger partial charge in [0.25, 0.3) is 10.0 Å². The number of aryl methyl sites for hydroxylation is 1. The maximum Gasteiger partial charge on any atom is 0.258 e. The standard InChI is InChI=1S/C8H15N5O3S/c1-3-6(8(9)12-14)13-17(15,16)7-4-10-5(2)11-7/h4,6,13-14H,3H2,1-2H3,(H2,9,12)(H,10,11). The van der Waals surface area contributed by atoms with Crippen LogP contribution in [0.3, 0.4) is 0 Å². The summed E-state index contributed by atoms with van der Waals surface area (Å²) in [5, 5.41) is 11.2. The maximum atomic E-state index is 11.9. The summed E-state index contributed by atoms with van der Waals surface area (Å²) in [6.45, 7) is 3.35. The molecule has 0 saturated carbocycles. The van der Waals surface area contributed by atoms with Gasteiger partial charge in [-0.25, -0.2) is 13.4 Å². The molecule has 0 saturated heterocycles. The number of nitrogens with zero attached hydrogens (tertiary/aromatic N) is 2. The molecule has 1 heterocycles. The highest BCUT2D eigenvalue weighted by Crippen LogP contribution is 2.06. The molecular weight excluding hydrogens is 246 g/mol. The lowest BCUT2D eigenvalue weighted by Gasteiger charge is -2.14. The lowest BCUT2D eigenvalue weighted by molar-refractivity contribution is 0.315. The van der Waals surface area contributed by atoms with Crippen LogP contribution in [0.4, 0.5) is 0 Å². The van der Waals surface area contributed by atoms with Gasteiger partial charge in [0.15, 0.2) is 10.9 Å². The van der Waals surface area contributed by atoms with E-state index in [2.05, 4.69) is 19.8 Å². The van der Waals surface area contributed by atoms with E-state index >= 15 is 0 Å². The first-order chi connectivity index (χ1) is 7.90. The molecule has 0 fully saturated rings. The molecule has 0 spiro atoms. The summed E-state index contributed by atoms with van der Waals surface area (Å²) >= 11 is 0. The smallest absolute Gasteiger partial charge is 0.258 e. The first-order valence-electron chi connectivity index (χ1n) is 4.92. The summed E-state index contributed by atoms with van der Waals surface area (Å²) in [6.07, 6.45) is 1.57. The number of oxime groups is 1. The number of sulfonamides is 1. The quantitative estimate of drug-likeness (QED) is 0.246. The Morgan fingerprint density at radius 3 is 2.82 bits per heavy atom. The number of amidine groups is 1. The third-order valence-electron chi connectivity index (χ3n) is 2.15. The lowest BCUT2D eigenvalue weighted by Crippen LogP contribution is -2.44. The van der Waals surface area contributed by atoms with Crippen molar-refractivity contribution in [3.05, 3.63) is 12.0 Å². The van der Waals surface area contributed by atoms with Crippen molar-refractivity contribution in [1.29, 1.82) is 0 Å². The fraction of sp³-hybridized carbons (Fsp3) is 0.500. The molecule has 0 aliphatic heterocycles. The van der Waals surface area contributed by atoms with Gasteiger partial charge in [0.2, 0.25) is 0 Å². The second-order valence-electron chi connectivity index (χ2n) is 3.44. The van der Waals surface area contributed by atoms with Gasteiger partial charge in [-0.15, -0.1) is 0 Å². The summed E-state index contributed by atoms with van der Waals surface area (Å²) in [6, 6.07) is -0.756. The topological polar surface area (TPSA) is 133 Å². The molecule has 8 nitrogen and oxygen atoms in total. The van der Waals surface area contributed by atoms with Gasteiger partial charge in [-0.2, -0.15) is 4.72 Å². The van der Waals surface area contributed by atoms with E-state index in [9.17, 15) is 8.42 Å². The van der Waals surface area contributed by atoms with Crippen molar-refractivity contribution in [2.45, 2.75) is 31.3 Å². The van der Waals surface area contributed by atoms with Crippen molar-refractivity contribution in [3.63, 3.8) is 0 Å². The minimum absolute atomic E-state index is 0.0563.